The van der Waals surface area contributed by atoms with Gasteiger partial charge in [0.2, 0.25) is 10.9 Å². The van der Waals surface area contributed by atoms with Gasteiger partial charge >= 0.3 is 5.91 Å². The first-order valence-corrected chi connectivity index (χ1v) is 11.3. The third-order valence-corrected chi connectivity index (χ3v) is 6.60. The van der Waals surface area contributed by atoms with Crippen LogP contribution in [0.1, 0.15) is 29.1 Å². The van der Waals surface area contributed by atoms with Crippen molar-refractivity contribution < 1.29 is 33.3 Å². The van der Waals surface area contributed by atoms with E-state index in [1.807, 2.05) is 6.92 Å². The second kappa shape index (κ2) is 9.71. The predicted molar refractivity (Wildman–Crippen MR) is 127 cm³/mol. The minimum absolute atomic E-state index is 0.174. The Balaban J connectivity index is 1.99. The zero-order valence-corrected chi connectivity index (χ0v) is 20.2. The van der Waals surface area contributed by atoms with Gasteiger partial charge in [0.25, 0.3) is 5.78 Å². The van der Waals surface area contributed by atoms with Gasteiger partial charge < -0.3 is 19.3 Å². The summed E-state index contributed by atoms with van der Waals surface area (Å²) in [5.41, 5.74) is 0.382. The molecule has 2 aromatic carbocycles. The second-order valence-corrected chi connectivity index (χ2v) is 8.51. The lowest BCUT2D eigenvalue weighted by Crippen LogP contribution is -2.29. The van der Waals surface area contributed by atoms with E-state index in [4.69, 9.17) is 14.2 Å². The number of rotatable bonds is 7. The second-order valence-electron chi connectivity index (χ2n) is 7.47. The summed E-state index contributed by atoms with van der Waals surface area (Å²) >= 11 is 1.16. The van der Waals surface area contributed by atoms with E-state index in [1.165, 1.54) is 38.4 Å². The van der Waals surface area contributed by atoms with Gasteiger partial charge in [-0.1, -0.05) is 18.3 Å². The number of anilines is 1. The SMILES string of the molecule is CCc1nnc(N2C(=O)C(=O)/C(=C(/O)c3ccc(F)cc3)C2c2cc(OC)c(OC)c(OC)c2)s1. The monoisotopic (exact) mass is 499 g/mol. The third kappa shape index (κ3) is 4.18. The number of ketones is 1. The van der Waals surface area contributed by atoms with Crippen molar-refractivity contribution in [3.63, 3.8) is 0 Å². The van der Waals surface area contributed by atoms with Gasteiger partial charge in [-0.15, -0.1) is 10.2 Å². The number of amides is 1. The number of nitrogens with zero attached hydrogens (tertiary/aromatic N) is 3. The normalized spacial score (nSPS) is 17.1. The van der Waals surface area contributed by atoms with Crippen molar-refractivity contribution in [1.82, 2.24) is 10.2 Å². The van der Waals surface area contributed by atoms with Crippen LogP contribution >= 0.6 is 11.3 Å². The predicted octanol–water partition coefficient (Wildman–Crippen LogP) is 3.89. The third-order valence-electron chi connectivity index (χ3n) is 5.53. The number of methoxy groups -OCH3 is 3. The Morgan fingerprint density at radius 2 is 1.69 bits per heavy atom. The first-order chi connectivity index (χ1) is 16.8. The van der Waals surface area contributed by atoms with Gasteiger partial charge in [0.1, 0.15) is 16.6 Å². The van der Waals surface area contributed by atoms with Crippen molar-refractivity contribution in [2.24, 2.45) is 0 Å². The van der Waals surface area contributed by atoms with Crippen molar-refractivity contribution in [2.45, 2.75) is 19.4 Å². The van der Waals surface area contributed by atoms with Gasteiger partial charge in [0.05, 0.1) is 32.9 Å². The largest absolute Gasteiger partial charge is 0.507 e. The number of aryl methyl sites for hydroxylation is 1. The number of hydrogen-bond donors (Lipinski definition) is 1. The summed E-state index contributed by atoms with van der Waals surface area (Å²) in [5, 5.41) is 20.2. The zero-order valence-electron chi connectivity index (χ0n) is 19.4. The van der Waals surface area contributed by atoms with Crippen LogP contribution in [0.4, 0.5) is 9.52 Å². The van der Waals surface area contributed by atoms with E-state index < -0.39 is 29.3 Å². The quantitative estimate of drug-likeness (QED) is 0.296. The summed E-state index contributed by atoms with van der Waals surface area (Å²) in [6.45, 7) is 1.89. The number of carbonyl (C=O) groups excluding carboxylic acids is 2. The van der Waals surface area contributed by atoms with Crippen LogP contribution in [0.3, 0.4) is 0 Å². The highest BCUT2D eigenvalue weighted by Crippen LogP contribution is 2.47. The number of hydrogen-bond acceptors (Lipinski definition) is 9. The van der Waals surface area contributed by atoms with E-state index in [1.54, 1.807) is 12.1 Å². The molecule has 9 nitrogen and oxygen atoms in total. The van der Waals surface area contributed by atoms with Crippen LogP contribution in [0.25, 0.3) is 5.76 Å². The van der Waals surface area contributed by atoms with Crippen LogP contribution in [-0.2, 0) is 16.0 Å². The highest BCUT2D eigenvalue weighted by molar-refractivity contribution is 7.15. The molecular formula is C24H22FN3O6S. The van der Waals surface area contributed by atoms with E-state index in [0.717, 1.165) is 23.5 Å². The lowest BCUT2D eigenvalue weighted by Gasteiger charge is -2.24. The molecule has 11 heteroatoms. The molecule has 1 atom stereocenters. The molecule has 1 aliphatic rings. The number of Topliss-reactive ketones (excluding diaryl/α,β-unsaturated/α-hetero) is 1. The lowest BCUT2D eigenvalue weighted by atomic mass is 9.94. The Morgan fingerprint density at radius 1 is 1.06 bits per heavy atom. The molecule has 35 heavy (non-hydrogen) atoms. The molecule has 1 saturated heterocycles. The first kappa shape index (κ1) is 24.1. The fourth-order valence-electron chi connectivity index (χ4n) is 3.85. The summed E-state index contributed by atoms with van der Waals surface area (Å²) in [7, 11) is 4.33. The fourth-order valence-corrected chi connectivity index (χ4v) is 4.66. The van der Waals surface area contributed by atoms with Crippen molar-refractivity contribution >= 4 is 33.9 Å². The maximum Gasteiger partial charge on any atom is 0.301 e. The molecule has 1 aromatic heterocycles. The molecule has 182 valence electrons. The summed E-state index contributed by atoms with van der Waals surface area (Å²) in [5.74, 6) is -1.86. The standard InChI is InChI=1S/C24H22FN3O6S/c1-5-17-26-27-24(35-17)28-19(13-10-15(32-2)22(34-4)16(11-13)33-3)18(21(30)23(28)31)20(29)12-6-8-14(25)9-7-12/h6-11,19,29H,5H2,1-4H3/b20-18+. The van der Waals surface area contributed by atoms with Gasteiger partial charge in [-0.25, -0.2) is 4.39 Å². The molecule has 0 radical (unpaired) electrons. The molecular weight excluding hydrogens is 477 g/mol. The number of carbonyl (C=O) groups is 2. The molecule has 1 unspecified atom stereocenters. The van der Waals surface area contributed by atoms with Crippen molar-refractivity contribution in [3.05, 3.63) is 63.9 Å². The zero-order chi connectivity index (χ0) is 25.3. The van der Waals surface area contributed by atoms with Gasteiger partial charge in [0, 0.05) is 5.56 Å². The number of benzene rings is 2. The molecule has 0 bridgehead atoms. The van der Waals surface area contributed by atoms with Crippen LogP contribution in [0.5, 0.6) is 17.2 Å². The van der Waals surface area contributed by atoms with Gasteiger partial charge in [-0.2, -0.15) is 0 Å². The van der Waals surface area contributed by atoms with E-state index in [9.17, 15) is 19.1 Å². The maximum absolute atomic E-state index is 13.5. The molecule has 1 amide bonds. The van der Waals surface area contributed by atoms with Crippen molar-refractivity contribution in [2.75, 3.05) is 26.2 Å². The van der Waals surface area contributed by atoms with Crippen LogP contribution in [0.2, 0.25) is 0 Å². The Kier molecular flexibility index (Phi) is 6.70. The van der Waals surface area contributed by atoms with E-state index in [-0.39, 0.29) is 16.3 Å². The average Bonchev–Trinajstić information content (AvgIpc) is 3.45. The maximum atomic E-state index is 13.5. The highest BCUT2D eigenvalue weighted by atomic mass is 32.1. The molecule has 0 saturated carbocycles. The summed E-state index contributed by atoms with van der Waals surface area (Å²) < 4.78 is 29.8. The summed E-state index contributed by atoms with van der Waals surface area (Å²) in [6, 6.07) is 7.03. The molecule has 2 heterocycles. The topological polar surface area (TPSA) is 111 Å². The summed E-state index contributed by atoms with van der Waals surface area (Å²) in [4.78, 5) is 27.7. The van der Waals surface area contributed by atoms with Crippen LogP contribution < -0.4 is 19.1 Å². The molecule has 1 fully saturated rings. The first-order valence-electron chi connectivity index (χ1n) is 10.5. The molecule has 0 aliphatic carbocycles. The molecule has 3 aromatic rings. The molecule has 4 rings (SSSR count). The Bertz CT molecular complexity index is 1300. The van der Waals surface area contributed by atoms with E-state index >= 15 is 0 Å². The number of halogens is 1. The molecule has 1 aliphatic heterocycles. The molecule has 1 N–H and O–H groups in total. The highest BCUT2D eigenvalue weighted by Gasteiger charge is 2.48. The summed E-state index contributed by atoms with van der Waals surface area (Å²) in [6.07, 6.45) is 0.589. The van der Waals surface area contributed by atoms with Crippen molar-refractivity contribution in [1.29, 1.82) is 0 Å². The Morgan fingerprint density at radius 3 is 2.20 bits per heavy atom. The van der Waals surface area contributed by atoms with Gasteiger partial charge in [0.15, 0.2) is 11.5 Å². The minimum atomic E-state index is -1.09. The number of aliphatic hydroxyl groups is 1. The smallest absolute Gasteiger partial charge is 0.301 e. The molecule has 0 spiro atoms. The number of aromatic nitrogens is 2. The van der Waals surface area contributed by atoms with Crippen molar-refractivity contribution in [3.8, 4) is 17.2 Å². The average molecular weight is 500 g/mol. The Labute approximate surface area is 204 Å². The van der Waals surface area contributed by atoms with Crippen LogP contribution in [0.15, 0.2) is 42.0 Å². The minimum Gasteiger partial charge on any atom is -0.507 e. The van der Waals surface area contributed by atoms with E-state index in [2.05, 4.69) is 10.2 Å². The lowest BCUT2D eigenvalue weighted by molar-refractivity contribution is -0.132. The fraction of sp³-hybridized carbons (Fsp3) is 0.250. The van der Waals surface area contributed by atoms with E-state index in [0.29, 0.717) is 34.2 Å². The number of aliphatic hydroxyl groups excluding tert-OH is 1. The van der Waals surface area contributed by atoms with Gasteiger partial charge in [-0.05, 0) is 48.4 Å². The Hall–Kier alpha value is -3.99. The van der Waals surface area contributed by atoms with Crippen LogP contribution in [-0.4, -0.2) is 48.3 Å². The van der Waals surface area contributed by atoms with Crippen LogP contribution in [0, 0.1) is 5.82 Å². The number of ether oxygens (including phenoxy) is 3. The van der Waals surface area contributed by atoms with Gasteiger partial charge in [-0.3, -0.25) is 14.5 Å².